The second kappa shape index (κ2) is 8.11. The van der Waals surface area contributed by atoms with Crippen LogP contribution in [0.1, 0.15) is 22.3 Å². The van der Waals surface area contributed by atoms with Gasteiger partial charge in [0.15, 0.2) is 0 Å². The topological polar surface area (TPSA) is 75.7 Å². The summed E-state index contributed by atoms with van der Waals surface area (Å²) in [7, 11) is 1.29. The Morgan fingerprint density at radius 2 is 2.10 bits per heavy atom. The number of sulfonamides is 1. The van der Waals surface area contributed by atoms with Crippen LogP contribution in [0, 0.1) is 0 Å². The number of esters is 1. The lowest BCUT2D eigenvalue weighted by Gasteiger charge is -2.17. The molecule has 0 fully saturated rings. The molecule has 21 heavy (non-hydrogen) atoms. The Balaban J connectivity index is 2.77. The van der Waals surface area contributed by atoms with Gasteiger partial charge < -0.3 is 10.1 Å². The van der Waals surface area contributed by atoms with Gasteiger partial charge in [-0.25, -0.2) is 17.5 Å². The zero-order chi connectivity index (χ0) is 15.9. The molecule has 0 unspecified atom stereocenters. The predicted octanol–water partition coefficient (Wildman–Crippen LogP) is 0.844. The van der Waals surface area contributed by atoms with Gasteiger partial charge in [0.05, 0.1) is 18.4 Å². The summed E-state index contributed by atoms with van der Waals surface area (Å²) in [4.78, 5) is 11.5. The average Bonchev–Trinajstić information content (AvgIpc) is 2.46. The SMILES string of the molecule is CNCCCN(C)S(=O)(=O)Cc1cccc(C(=O)OC)c1. The molecule has 0 aliphatic carbocycles. The quantitative estimate of drug-likeness (QED) is 0.568. The molecule has 118 valence electrons. The molecule has 1 aromatic carbocycles. The van der Waals surface area contributed by atoms with Crippen LogP contribution in [0.15, 0.2) is 24.3 Å². The molecule has 0 saturated carbocycles. The largest absolute Gasteiger partial charge is 0.465 e. The van der Waals surface area contributed by atoms with Crippen molar-refractivity contribution in [3.8, 4) is 0 Å². The van der Waals surface area contributed by atoms with Gasteiger partial charge in [0.25, 0.3) is 0 Å². The molecule has 0 radical (unpaired) electrons. The van der Waals surface area contributed by atoms with Crippen molar-refractivity contribution in [1.29, 1.82) is 0 Å². The summed E-state index contributed by atoms with van der Waals surface area (Å²) >= 11 is 0. The Bertz CT molecular complexity index is 572. The second-order valence-corrected chi connectivity index (χ2v) is 6.80. The molecule has 7 heteroatoms. The van der Waals surface area contributed by atoms with Crippen LogP contribution < -0.4 is 5.32 Å². The minimum Gasteiger partial charge on any atom is -0.465 e. The number of carbonyl (C=O) groups is 1. The van der Waals surface area contributed by atoms with Crippen LogP contribution in [0.5, 0.6) is 0 Å². The number of hydrogen-bond acceptors (Lipinski definition) is 5. The second-order valence-electron chi connectivity index (χ2n) is 4.73. The Morgan fingerprint density at radius 1 is 1.38 bits per heavy atom. The van der Waals surface area contributed by atoms with Gasteiger partial charge in [0, 0.05) is 13.6 Å². The van der Waals surface area contributed by atoms with Crippen molar-refractivity contribution >= 4 is 16.0 Å². The first kappa shape index (κ1) is 17.6. The summed E-state index contributed by atoms with van der Waals surface area (Å²) < 4.78 is 30.4. The molecule has 0 amide bonds. The third kappa shape index (κ3) is 5.45. The highest BCUT2D eigenvalue weighted by Crippen LogP contribution is 2.12. The number of nitrogens with zero attached hydrogens (tertiary/aromatic N) is 1. The monoisotopic (exact) mass is 314 g/mol. The van der Waals surface area contributed by atoms with Crippen LogP contribution in [0.25, 0.3) is 0 Å². The van der Waals surface area contributed by atoms with Gasteiger partial charge in [-0.1, -0.05) is 12.1 Å². The molecular weight excluding hydrogens is 292 g/mol. The molecule has 6 nitrogen and oxygen atoms in total. The fourth-order valence-corrected chi connectivity index (χ4v) is 3.07. The van der Waals surface area contributed by atoms with Crippen molar-refractivity contribution in [3.05, 3.63) is 35.4 Å². The molecule has 0 atom stereocenters. The molecular formula is C14H22N2O4S. The van der Waals surface area contributed by atoms with E-state index in [4.69, 9.17) is 0 Å². The molecule has 1 aromatic rings. The third-order valence-corrected chi connectivity index (χ3v) is 4.90. The maximum absolute atomic E-state index is 12.2. The van der Waals surface area contributed by atoms with E-state index >= 15 is 0 Å². The van der Waals surface area contributed by atoms with E-state index in [9.17, 15) is 13.2 Å². The van der Waals surface area contributed by atoms with Crippen molar-refractivity contribution in [1.82, 2.24) is 9.62 Å². The van der Waals surface area contributed by atoms with Gasteiger partial charge in [-0.15, -0.1) is 0 Å². The number of rotatable bonds is 8. The highest BCUT2D eigenvalue weighted by molar-refractivity contribution is 7.88. The Morgan fingerprint density at radius 3 is 2.71 bits per heavy atom. The summed E-state index contributed by atoms with van der Waals surface area (Å²) in [5.41, 5.74) is 0.918. The molecule has 0 saturated heterocycles. The highest BCUT2D eigenvalue weighted by atomic mass is 32.2. The van der Waals surface area contributed by atoms with Crippen molar-refractivity contribution in [2.45, 2.75) is 12.2 Å². The summed E-state index contributed by atoms with van der Waals surface area (Å²) in [6, 6.07) is 6.48. The van der Waals surface area contributed by atoms with E-state index in [0.717, 1.165) is 13.0 Å². The zero-order valence-corrected chi connectivity index (χ0v) is 13.4. The van der Waals surface area contributed by atoms with Crippen LogP contribution in [0.4, 0.5) is 0 Å². The summed E-state index contributed by atoms with van der Waals surface area (Å²) in [6.07, 6.45) is 0.744. The van der Waals surface area contributed by atoms with Gasteiger partial charge in [0.2, 0.25) is 10.0 Å². The van der Waals surface area contributed by atoms with E-state index in [0.29, 0.717) is 17.7 Å². The fraction of sp³-hybridized carbons (Fsp3) is 0.500. The van der Waals surface area contributed by atoms with Crippen LogP contribution >= 0.6 is 0 Å². The summed E-state index contributed by atoms with van der Waals surface area (Å²) in [6.45, 7) is 1.22. The fourth-order valence-electron chi connectivity index (χ4n) is 1.84. The van der Waals surface area contributed by atoms with E-state index < -0.39 is 16.0 Å². The minimum atomic E-state index is -3.39. The molecule has 1 rings (SSSR count). The first-order chi connectivity index (χ1) is 9.90. The van der Waals surface area contributed by atoms with Crippen LogP contribution in [-0.2, 0) is 20.5 Å². The van der Waals surface area contributed by atoms with Gasteiger partial charge in [-0.05, 0) is 37.7 Å². The van der Waals surface area contributed by atoms with E-state index in [1.807, 2.05) is 7.05 Å². The van der Waals surface area contributed by atoms with E-state index in [1.165, 1.54) is 11.4 Å². The normalized spacial score (nSPS) is 11.6. The van der Waals surface area contributed by atoms with E-state index in [2.05, 4.69) is 10.1 Å². The number of hydrogen-bond donors (Lipinski definition) is 1. The predicted molar refractivity (Wildman–Crippen MR) is 81.6 cm³/mol. The Hall–Kier alpha value is -1.44. The molecule has 0 aromatic heterocycles. The minimum absolute atomic E-state index is 0.131. The lowest BCUT2D eigenvalue weighted by atomic mass is 10.1. The highest BCUT2D eigenvalue weighted by Gasteiger charge is 2.18. The maximum atomic E-state index is 12.2. The molecule has 0 aliphatic heterocycles. The molecule has 0 aliphatic rings. The lowest BCUT2D eigenvalue weighted by Crippen LogP contribution is -2.30. The summed E-state index contributed by atoms with van der Waals surface area (Å²) in [5.74, 6) is -0.606. The number of nitrogens with one attached hydrogen (secondary N) is 1. The van der Waals surface area contributed by atoms with Crippen molar-refractivity contribution in [3.63, 3.8) is 0 Å². The van der Waals surface area contributed by atoms with Crippen molar-refractivity contribution in [2.24, 2.45) is 0 Å². The Labute approximate surface area is 126 Å². The number of methoxy groups -OCH3 is 1. The smallest absolute Gasteiger partial charge is 0.337 e. The standard InChI is InChI=1S/C14H22N2O4S/c1-15-8-5-9-16(2)21(18,19)11-12-6-4-7-13(10-12)14(17)20-3/h4,6-7,10,15H,5,8-9,11H2,1-3H3. The van der Waals surface area contributed by atoms with Gasteiger partial charge >= 0.3 is 5.97 Å². The summed E-state index contributed by atoms with van der Waals surface area (Å²) in [5, 5.41) is 2.98. The van der Waals surface area contributed by atoms with Crippen LogP contribution in [0.3, 0.4) is 0 Å². The van der Waals surface area contributed by atoms with E-state index in [-0.39, 0.29) is 5.75 Å². The van der Waals surface area contributed by atoms with Gasteiger partial charge in [0.1, 0.15) is 0 Å². The maximum Gasteiger partial charge on any atom is 0.337 e. The lowest BCUT2D eigenvalue weighted by molar-refractivity contribution is 0.0600. The number of benzene rings is 1. The van der Waals surface area contributed by atoms with Crippen LogP contribution in [0.2, 0.25) is 0 Å². The Kier molecular flexibility index (Phi) is 6.80. The first-order valence-electron chi connectivity index (χ1n) is 6.66. The van der Waals surface area contributed by atoms with Crippen LogP contribution in [-0.4, -0.2) is 53.0 Å². The van der Waals surface area contributed by atoms with Gasteiger partial charge in [-0.2, -0.15) is 0 Å². The first-order valence-corrected chi connectivity index (χ1v) is 8.27. The molecule has 0 bridgehead atoms. The molecule has 1 N–H and O–H groups in total. The third-order valence-electron chi connectivity index (χ3n) is 3.07. The number of ether oxygens (including phenoxy) is 1. The van der Waals surface area contributed by atoms with Crippen molar-refractivity contribution < 1.29 is 17.9 Å². The molecule has 0 spiro atoms. The zero-order valence-electron chi connectivity index (χ0n) is 12.6. The van der Waals surface area contributed by atoms with Gasteiger partial charge in [-0.3, -0.25) is 0 Å². The number of carbonyl (C=O) groups excluding carboxylic acids is 1. The average molecular weight is 314 g/mol. The molecule has 0 heterocycles. The van der Waals surface area contributed by atoms with E-state index in [1.54, 1.807) is 31.3 Å². The van der Waals surface area contributed by atoms with Crippen molar-refractivity contribution in [2.75, 3.05) is 34.3 Å².